The molecule has 1 saturated heterocycles. The molecule has 1 aromatic heterocycles. The van der Waals surface area contributed by atoms with Gasteiger partial charge in [0.2, 0.25) is 15.9 Å². The lowest BCUT2D eigenvalue weighted by atomic mass is 9.99. The topological polar surface area (TPSA) is 110 Å². The first kappa shape index (κ1) is 21.1. The number of nitrogens with zero attached hydrogens (tertiary/aromatic N) is 5. The zero-order valence-corrected chi connectivity index (χ0v) is 17.8. The van der Waals surface area contributed by atoms with Gasteiger partial charge in [-0.1, -0.05) is 30.3 Å². The molecule has 162 valence electrons. The quantitative estimate of drug-likeness (QED) is 0.595. The second-order valence-electron chi connectivity index (χ2n) is 7.48. The van der Waals surface area contributed by atoms with Crippen LogP contribution in [0, 0.1) is 5.92 Å². The van der Waals surface area contributed by atoms with Crippen LogP contribution in [0.2, 0.25) is 0 Å². The van der Waals surface area contributed by atoms with Crippen molar-refractivity contribution in [2.24, 2.45) is 5.92 Å². The van der Waals surface area contributed by atoms with Gasteiger partial charge in [0.1, 0.15) is 6.33 Å². The van der Waals surface area contributed by atoms with Crippen molar-refractivity contribution in [3.63, 3.8) is 0 Å². The molecule has 0 aliphatic carbocycles. The molecule has 3 aromatic rings. The summed E-state index contributed by atoms with van der Waals surface area (Å²) >= 11 is 0. The first-order valence-electron chi connectivity index (χ1n) is 10.2. The average molecular weight is 441 g/mol. The molecule has 2 heterocycles. The van der Waals surface area contributed by atoms with Crippen molar-refractivity contribution in [3.8, 4) is 5.69 Å². The summed E-state index contributed by atoms with van der Waals surface area (Å²) in [4.78, 5) is 12.8. The van der Waals surface area contributed by atoms with Crippen molar-refractivity contribution in [2.75, 3.05) is 19.6 Å². The van der Waals surface area contributed by atoms with Crippen LogP contribution in [0.1, 0.15) is 18.4 Å². The van der Waals surface area contributed by atoms with Gasteiger partial charge in [-0.15, -0.1) is 5.10 Å². The maximum atomic E-state index is 13.1. The normalized spacial score (nSPS) is 17.4. The number of aromatic nitrogens is 4. The Morgan fingerprint density at radius 3 is 2.58 bits per heavy atom. The first-order chi connectivity index (χ1) is 15.0. The van der Waals surface area contributed by atoms with Gasteiger partial charge in [-0.3, -0.25) is 4.79 Å². The van der Waals surface area contributed by atoms with Gasteiger partial charge in [0.25, 0.3) is 0 Å². The number of piperidine rings is 1. The molecule has 31 heavy (non-hydrogen) atoms. The van der Waals surface area contributed by atoms with Crippen LogP contribution in [0.15, 0.2) is 65.8 Å². The highest BCUT2D eigenvalue weighted by Crippen LogP contribution is 2.24. The third-order valence-corrected chi connectivity index (χ3v) is 7.28. The van der Waals surface area contributed by atoms with E-state index >= 15 is 0 Å². The molecule has 1 N–H and O–H groups in total. The Balaban J connectivity index is 1.37. The van der Waals surface area contributed by atoms with Gasteiger partial charge in [-0.25, -0.2) is 13.1 Å². The number of carbonyl (C=O) groups excluding carboxylic acids is 1. The van der Waals surface area contributed by atoms with Crippen LogP contribution in [0.25, 0.3) is 5.69 Å². The lowest BCUT2D eigenvalue weighted by Crippen LogP contribution is -2.45. The minimum Gasteiger partial charge on any atom is -0.355 e. The standard InChI is InChI=1S/C21H24N6O3S/c28-21(22-13-12-17-5-2-1-3-6-17)18-7-4-14-26(15-18)31(29,30)20-10-8-19(9-11-20)27-16-23-24-25-27/h1-3,5-6,8-11,16,18H,4,7,12-15H2,(H,22,28)/t18-/m1/s1. The molecule has 1 amide bonds. The third kappa shape index (κ3) is 4.97. The van der Waals surface area contributed by atoms with Crippen LogP contribution in [-0.2, 0) is 21.2 Å². The van der Waals surface area contributed by atoms with Crippen LogP contribution in [0.3, 0.4) is 0 Å². The lowest BCUT2D eigenvalue weighted by Gasteiger charge is -2.31. The highest BCUT2D eigenvalue weighted by atomic mass is 32.2. The molecule has 1 atom stereocenters. The molecule has 0 unspecified atom stereocenters. The highest BCUT2D eigenvalue weighted by Gasteiger charge is 2.33. The maximum absolute atomic E-state index is 13.1. The molecule has 0 radical (unpaired) electrons. The number of amides is 1. The zero-order valence-electron chi connectivity index (χ0n) is 17.0. The van der Waals surface area contributed by atoms with Crippen molar-refractivity contribution >= 4 is 15.9 Å². The van der Waals surface area contributed by atoms with Crippen LogP contribution in [0.5, 0.6) is 0 Å². The third-order valence-electron chi connectivity index (χ3n) is 5.40. The Labute approximate surface area is 181 Å². The monoisotopic (exact) mass is 440 g/mol. The maximum Gasteiger partial charge on any atom is 0.243 e. The first-order valence-corrected chi connectivity index (χ1v) is 11.6. The van der Waals surface area contributed by atoms with Crippen molar-refractivity contribution in [1.82, 2.24) is 29.8 Å². The van der Waals surface area contributed by atoms with Crippen LogP contribution in [0.4, 0.5) is 0 Å². The average Bonchev–Trinajstić information content (AvgIpc) is 3.35. The van der Waals surface area contributed by atoms with E-state index in [9.17, 15) is 13.2 Å². The van der Waals surface area contributed by atoms with Gasteiger partial charge >= 0.3 is 0 Å². The van der Waals surface area contributed by atoms with Gasteiger partial charge in [-0.2, -0.15) is 4.31 Å². The number of nitrogens with one attached hydrogen (secondary N) is 1. The molecule has 10 heteroatoms. The van der Waals surface area contributed by atoms with Gasteiger partial charge in [0.15, 0.2) is 0 Å². The Kier molecular flexibility index (Phi) is 6.38. The van der Waals surface area contributed by atoms with Crippen molar-refractivity contribution in [2.45, 2.75) is 24.2 Å². The van der Waals surface area contributed by atoms with E-state index in [1.54, 1.807) is 12.1 Å². The summed E-state index contributed by atoms with van der Waals surface area (Å²) < 4.78 is 29.1. The smallest absolute Gasteiger partial charge is 0.243 e. The van der Waals surface area contributed by atoms with E-state index < -0.39 is 10.0 Å². The number of benzene rings is 2. The SMILES string of the molecule is O=C(NCCc1ccccc1)[C@@H]1CCCN(S(=O)(=O)c2ccc(-n3cnnn3)cc2)C1. The van der Waals surface area contributed by atoms with Gasteiger partial charge in [0, 0.05) is 19.6 Å². The number of rotatable bonds is 7. The number of sulfonamides is 1. The van der Waals surface area contributed by atoms with E-state index in [0.717, 1.165) is 12.0 Å². The minimum absolute atomic E-state index is 0.0927. The Bertz CT molecular complexity index is 1100. The van der Waals surface area contributed by atoms with Crippen molar-refractivity contribution < 1.29 is 13.2 Å². The summed E-state index contributed by atoms with van der Waals surface area (Å²) in [6.07, 6.45) is 3.52. The molecule has 9 nitrogen and oxygen atoms in total. The summed E-state index contributed by atoms with van der Waals surface area (Å²) in [7, 11) is -3.69. The van der Waals surface area contributed by atoms with Crippen LogP contribution >= 0.6 is 0 Å². The summed E-state index contributed by atoms with van der Waals surface area (Å²) in [5.41, 5.74) is 1.82. The highest BCUT2D eigenvalue weighted by molar-refractivity contribution is 7.89. The second kappa shape index (κ2) is 9.36. The Morgan fingerprint density at radius 2 is 1.87 bits per heavy atom. The molecular formula is C21H24N6O3S. The largest absolute Gasteiger partial charge is 0.355 e. The van der Waals surface area contributed by atoms with Gasteiger partial charge in [-0.05, 0) is 59.5 Å². The predicted octanol–water partition coefficient (Wildman–Crippen LogP) is 1.42. The Hall–Kier alpha value is -3.11. The molecule has 0 saturated carbocycles. The number of carbonyl (C=O) groups is 1. The second-order valence-corrected chi connectivity index (χ2v) is 9.42. The summed E-state index contributed by atoms with van der Waals surface area (Å²) in [6, 6.07) is 16.3. The fourth-order valence-corrected chi connectivity index (χ4v) is 5.22. The molecular weight excluding hydrogens is 416 g/mol. The van der Waals surface area contributed by atoms with Crippen LogP contribution in [-0.4, -0.2) is 58.5 Å². The molecule has 4 rings (SSSR count). The van der Waals surface area contributed by atoms with Crippen molar-refractivity contribution in [3.05, 3.63) is 66.5 Å². The van der Waals surface area contributed by atoms with Gasteiger partial charge < -0.3 is 5.32 Å². The number of hydrogen-bond acceptors (Lipinski definition) is 6. The van der Waals surface area contributed by atoms with E-state index in [2.05, 4.69) is 20.8 Å². The molecule has 1 fully saturated rings. The molecule has 1 aliphatic rings. The summed E-state index contributed by atoms with van der Waals surface area (Å²) in [5, 5.41) is 13.9. The van der Waals surface area contributed by atoms with E-state index in [0.29, 0.717) is 31.6 Å². The lowest BCUT2D eigenvalue weighted by molar-refractivity contribution is -0.126. The number of tetrazole rings is 1. The predicted molar refractivity (Wildman–Crippen MR) is 114 cm³/mol. The molecule has 0 spiro atoms. The fraction of sp³-hybridized carbons (Fsp3) is 0.333. The Morgan fingerprint density at radius 1 is 1.10 bits per heavy atom. The van der Waals surface area contributed by atoms with E-state index in [1.165, 1.54) is 27.4 Å². The van der Waals surface area contributed by atoms with Crippen molar-refractivity contribution in [1.29, 1.82) is 0 Å². The molecule has 0 bridgehead atoms. The van der Waals surface area contributed by atoms with E-state index in [-0.39, 0.29) is 23.3 Å². The van der Waals surface area contributed by atoms with E-state index in [4.69, 9.17) is 0 Å². The summed E-state index contributed by atoms with van der Waals surface area (Å²) in [6.45, 7) is 1.13. The number of hydrogen-bond donors (Lipinski definition) is 1. The summed E-state index contributed by atoms with van der Waals surface area (Å²) in [5.74, 6) is -0.440. The zero-order chi connectivity index (χ0) is 21.7. The van der Waals surface area contributed by atoms with Crippen LogP contribution < -0.4 is 5.32 Å². The van der Waals surface area contributed by atoms with Gasteiger partial charge in [0.05, 0.1) is 16.5 Å². The molecule has 1 aliphatic heterocycles. The van der Waals surface area contributed by atoms with E-state index in [1.807, 2.05) is 30.3 Å². The minimum atomic E-state index is -3.69. The fourth-order valence-electron chi connectivity index (χ4n) is 3.69. The molecule has 2 aromatic carbocycles.